The molecule has 4 rings (SSSR count). The third-order valence-corrected chi connectivity index (χ3v) is 5.27. The maximum Gasteiger partial charge on any atom is 0.252 e. The number of carbonyl (C=O) groups excluding carboxylic acids is 2. The Morgan fingerprint density at radius 3 is 2.69 bits per heavy atom. The lowest BCUT2D eigenvalue weighted by Gasteiger charge is -2.17. The van der Waals surface area contributed by atoms with Gasteiger partial charge in [0.15, 0.2) is 0 Å². The molecule has 1 aliphatic rings. The topological polar surface area (TPSA) is 80.1 Å². The van der Waals surface area contributed by atoms with Crippen LogP contribution in [0.3, 0.4) is 0 Å². The summed E-state index contributed by atoms with van der Waals surface area (Å²) in [5.74, 6) is 0.905. The summed E-state index contributed by atoms with van der Waals surface area (Å²) >= 11 is 0. The summed E-state index contributed by atoms with van der Waals surface area (Å²) in [5.41, 5.74) is 2.43. The number of carbonyl (C=O) groups is 2. The van der Waals surface area contributed by atoms with Crippen LogP contribution in [0.4, 0.5) is 0 Å². The molecule has 0 unspecified atom stereocenters. The van der Waals surface area contributed by atoms with Gasteiger partial charge in [-0.15, -0.1) is 0 Å². The van der Waals surface area contributed by atoms with Crippen LogP contribution in [0.25, 0.3) is 11.0 Å². The minimum absolute atomic E-state index is 0.129. The Bertz CT molecular complexity index is 993. The molecule has 1 N–H and O–H groups in total. The van der Waals surface area contributed by atoms with Crippen molar-refractivity contribution in [1.82, 2.24) is 24.8 Å². The largest absolute Gasteiger partial charge is 0.352 e. The van der Waals surface area contributed by atoms with Gasteiger partial charge in [0.05, 0.1) is 16.6 Å². The van der Waals surface area contributed by atoms with Crippen LogP contribution < -0.4 is 5.32 Å². The van der Waals surface area contributed by atoms with Crippen molar-refractivity contribution in [2.75, 3.05) is 19.6 Å². The summed E-state index contributed by atoms with van der Waals surface area (Å²) in [6.07, 6.45) is 6.80. The Balaban J connectivity index is 1.41. The smallest absolute Gasteiger partial charge is 0.252 e. The minimum atomic E-state index is -0.129. The van der Waals surface area contributed by atoms with Gasteiger partial charge in [0.2, 0.25) is 5.91 Å². The highest BCUT2D eigenvalue weighted by molar-refractivity contribution is 5.93. The van der Waals surface area contributed by atoms with Crippen molar-refractivity contribution in [1.29, 1.82) is 0 Å². The molecule has 29 heavy (non-hydrogen) atoms. The van der Waals surface area contributed by atoms with Crippen LogP contribution in [0.15, 0.2) is 48.8 Å². The van der Waals surface area contributed by atoms with Gasteiger partial charge in [-0.25, -0.2) is 4.98 Å². The average Bonchev–Trinajstić information content (AvgIpc) is 3.41. The monoisotopic (exact) mass is 391 g/mol. The zero-order valence-electron chi connectivity index (χ0n) is 16.4. The molecule has 0 radical (unpaired) electrons. The van der Waals surface area contributed by atoms with Crippen LogP contribution in [-0.4, -0.2) is 50.9 Å². The van der Waals surface area contributed by atoms with E-state index in [0.29, 0.717) is 25.1 Å². The molecule has 7 heteroatoms. The first kappa shape index (κ1) is 19.1. The number of nitrogens with one attached hydrogen (secondary N) is 1. The molecular weight excluding hydrogens is 366 g/mol. The summed E-state index contributed by atoms with van der Waals surface area (Å²) in [5, 5.41) is 2.92. The lowest BCUT2D eigenvalue weighted by atomic mass is 10.2. The van der Waals surface area contributed by atoms with Crippen molar-refractivity contribution in [3.8, 4) is 0 Å². The SMILES string of the molecule is O=C(NCCCc1nc2ccccc2n1CC(=O)N1CCCC1)c1cccnc1. The van der Waals surface area contributed by atoms with Crippen molar-refractivity contribution >= 4 is 22.8 Å². The normalized spacial score (nSPS) is 13.7. The maximum absolute atomic E-state index is 12.7. The highest BCUT2D eigenvalue weighted by Crippen LogP contribution is 2.18. The zero-order chi connectivity index (χ0) is 20.1. The molecule has 3 heterocycles. The molecule has 1 aliphatic heterocycles. The Labute approximate surface area is 169 Å². The number of hydrogen-bond donors (Lipinski definition) is 1. The number of hydrogen-bond acceptors (Lipinski definition) is 4. The Morgan fingerprint density at radius 2 is 1.90 bits per heavy atom. The van der Waals surface area contributed by atoms with Gasteiger partial charge in [-0.05, 0) is 43.5 Å². The van der Waals surface area contributed by atoms with Crippen LogP contribution in [0, 0.1) is 0 Å². The van der Waals surface area contributed by atoms with Gasteiger partial charge >= 0.3 is 0 Å². The van der Waals surface area contributed by atoms with Crippen molar-refractivity contribution < 1.29 is 9.59 Å². The number of fused-ring (bicyclic) bond motifs is 1. The van der Waals surface area contributed by atoms with Crippen LogP contribution in [0.1, 0.15) is 35.4 Å². The summed E-state index contributed by atoms with van der Waals surface area (Å²) in [6.45, 7) is 2.55. The summed E-state index contributed by atoms with van der Waals surface area (Å²) in [6, 6.07) is 11.4. The quantitative estimate of drug-likeness (QED) is 0.627. The van der Waals surface area contributed by atoms with Gasteiger partial charge in [0.25, 0.3) is 5.91 Å². The number of aryl methyl sites for hydroxylation is 1. The number of nitrogens with zero attached hydrogens (tertiary/aromatic N) is 4. The Kier molecular flexibility index (Phi) is 5.84. The number of likely N-dealkylation sites (tertiary alicyclic amines) is 1. The van der Waals surface area contributed by atoms with Gasteiger partial charge in [0.1, 0.15) is 12.4 Å². The van der Waals surface area contributed by atoms with E-state index in [1.165, 1.54) is 0 Å². The molecule has 7 nitrogen and oxygen atoms in total. The van der Waals surface area contributed by atoms with Crippen LogP contribution in [-0.2, 0) is 17.8 Å². The number of aromatic nitrogens is 3. The fourth-order valence-corrected chi connectivity index (χ4v) is 3.74. The first-order valence-corrected chi connectivity index (χ1v) is 10.1. The third-order valence-electron chi connectivity index (χ3n) is 5.27. The van der Waals surface area contributed by atoms with Gasteiger partial charge in [-0.2, -0.15) is 0 Å². The predicted octanol–water partition coefficient (Wildman–Crippen LogP) is 2.42. The highest BCUT2D eigenvalue weighted by atomic mass is 16.2. The lowest BCUT2D eigenvalue weighted by Crippen LogP contribution is -2.31. The maximum atomic E-state index is 12.7. The summed E-state index contributed by atoms with van der Waals surface area (Å²) < 4.78 is 2.03. The number of para-hydroxylation sites is 2. The number of rotatable bonds is 7. The van der Waals surface area contributed by atoms with E-state index in [0.717, 1.165) is 49.2 Å². The van der Waals surface area contributed by atoms with Crippen molar-refractivity contribution in [3.05, 3.63) is 60.2 Å². The minimum Gasteiger partial charge on any atom is -0.352 e. The standard InChI is InChI=1S/C22H25N5O2/c28-21(26-13-3-4-14-26)16-27-19-9-2-1-8-18(19)25-20(27)10-6-12-24-22(29)17-7-5-11-23-15-17/h1-2,5,7-9,11,15H,3-4,6,10,12-14,16H2,(H,24,29). The second-order valence-corrected chi connectivity index (χ2v) is 7.29. The third kappa shape index (κ3) is 4.45. The molecule has 0 saturated carbocycles. The van der Waals surface area contributed by atoms with E-state index in [2.05, 4.69) is 10.3 Å². The predicted molar refractivity (Wildman–Crippen MR) is 110 cm³/mol. The van der Waals surface area contributed by atoms with Crippen LogP contribution in [0.5, 0.6) is 0 Å². The van der Waals surface area contributed by atoms with Crippen LogP contribution in [0.2, 0.25) is 0 Å². The molecule has 0 atom stereocenters. The fourth-order valence-electron chi connectivity index (χ4n) is 3.74. The lowest BCUT2D eigenvalue weighted by molar-refractivity contribution is -0.130. The molecule has 1 fully saturated rings. The van der Waals surface area contributed by atoms with Gasteiger partial charge in [0, 0.05) is 38.4 Å². The van der Waals surface area contributed by atoms with E-state index < -0.39 is 0 Å². The van der Waals surface area contributed by atoms with Crippen molar-refractivity contribution in [2.24, 2.45) is 0 Å². The molecule has 3 aromatic rings. The van der Waals surface area contributed by atoms with Gasteiger partial charge in [-0.3, -0.25) is 14.6 Å². The van der Waals surface area contributed by atoms with Gasteiger partial charge in [-0.1, -0.05) is 12.1 Å². The van der Waals surface area contributed by atoms with E-state index in [9.17, 15) is 9.59 Å². The molecular formula is C22H25N5O2. The summed E-state index contributed by atoms with van der Waals surface area (Å²) in [4.78, 5) is 35.5. The molecule has 0 spiro atoms. The number of imidazole rings is 1. The molecule has 1 saturated heterocycles. The van der Waals surface area contributed by atoms with E-state index in [1.807, 2.05) is 33.7 Å². The second kappa shape index (κ2) is 8.86. The van der Waals surface area contributed by atoms with Crippen LogP contribution >= 0.6 is 0 Å². The number of amides is 2. The van der Waals surface area contributed by atoms with Gasteiger partial charge < -0.3 is 14.8 Å². The zero-order valence-corrected chi connectivity index (χ0v) is 16.4. The first-order chi connectivity index (χ1) is 14.2. The first-order valence-electron chi connectivity index (χ1n) is 10.1. The second-order valence-electron chi connectivity index (χ2n) is 7.29. The molecule has 2 amide bonds. The number of benzene rings is 1. The highest BCUT2D eigenvalue weighted by Gasteiger charge is 2.20. The van der Waals surface area contributed by atoms with Crippen molar-refractivity contribution in [3.63, 3.8) is 0 Å². The molecule has 2 aromatic heterocycles. The number of pyridine rings is 1. The Morgan fingerprint density at radius 1 is 1.07 bits per heavy atom. The fraction of sp³-hybridized carbons (Fsp3) is 0.364. The average molecular weight is 391 g/mol. The molecule has 150 valence electrons. The van der Waals surface area contributed by atoms with E-state index in [1.54, 1.807) is 24.5 Å². The van der Waals surface area contributed by atoms with E-state index in [4.69, 9.17) is 4.98 Å². The van der Waals surface area contributed by atoms with Crippen molar-refractivity contribution in [2.45, 2.75) is 32.2 Å². The molecule has 0 aliphatic carbocycles. The molecule has 0 bridgehead atoms. The van der Waals surface area contributed by atoms with E-state index in [-0.39, 0.29) is 11.8 Å². The van der Waals surface area contributed by atoms with E-state index >= 15 is 0 Å². The Hall–Kier alpha value is -3.22. The molecule has 1 aromatic carbocycles. The summed E-state index contributed by atoms with van der Waals surface area (Å²) in [7, 11) is 0.